The molecule has 112 valence electrons. The van der Waals surface area contributed by atoms with Crippen LogP contribution in [0.3, 0.4) is 0 Å². The number of likely N-dealkylation sites (N-methyl/N-ethyl adjacent to an activating group) is 1. The highest BCUT2D eigenvalue weighted by molar-refractivity contribution is 6.31. The molecule has 2 atom stereocenters. The lowest BCUT2D eigenvalue weighted by molar-refractivity contribution is 0.266. The number of aromatic nitrogens is 1. The Morgan fingerprint density at radius 3 is 2.80 bits per heavy atom. The first kappa shape index (κ1) is 15.5. The lowest BCUT2D eigenvalue weighted by Gasteiger charge is -2.23. The monoisotopic (exact) mass is 296 g/mol. The summed E-state index contributed by atoms with van der Waals surface area (Å²) in [5.74, 6) is 1.69. The van der Waals surface area contributed by atoms with Crippen LogP contribution in [0, 0.1) is 5.92 Å². The molecule has 1 aromatic rings. The first-order valence-corrected chi connectivity index (χ1v) is 7.67. The molecule has 4 nitrogen and oxygen atoms in total. The Hall–Kier alpha value is -0.840. The fraction of sp³-hybridized carbons (Fsp3) is 0.667. The van der Waals surface area contributed by atoms with Crippen LogP contribution >= 0.6 is 11.6 Å². The summed E-state index contributed by atoms with van der Waals surface area (Å²) in [6, 6.07) is 2.71. The lowest BCUT2D eigenvalue weighted by Crippen LogP contribution is -2.34. The average Bonchev–Trinajstić information content (AvgIpc) is 2.80. The van der Waals surface area contributed by atoms with Crippen LogP contribution in [0.5, 0.6) is 0 Å². The number of halogens is 1. The van der Waals surface area contributed by atoms with Gasteiger partial charge in [0.15, 0.2) is 0 Å². The summed E-state index contributed by atoms with van der Waals surface area (Å²) in [6.07, 6.45) is 1.78. The molecule has 0 amide bonds. The highest BCUT2D eigenvalue weighted by Crippen LogP contribution is 2.27. The second kappa shape index (κ2) is 6.74. The second-order valence-electron chi connectivity index (χ2n) is 5.83. The van der Waals surface area contributed by atoms with E-state index in [2.05, 4.69) is 54.1 Å². The van der Waals surface area contributed by atoms with Gasteiger partial charge in [-0.05, 0) is 38.2 Å². The average molecular weight is 297 g/mol. The zero-order valence-electron chi connectivity index (χ0n) is 12.9. The maximum absolute atomic E-state index is 6.22. The van der Waals surface area contributed by atoms with Gasteiger partial charge in [-0.3, -0.25) is 0 Å². The molecule has 1 N–H and O–H groups in total. The van der Waals surface area contributed by atoms with E-state index in [-0.39, 0.29) is 0 Å². The molecule has 2 unspecified atom stereocenters. The number of nitrogens with one attached hydrogen (secondary N) is 1. The first-order chi connectivity index (χ1) is 9.52. The lowest BCUT2D eigenvalue weighted by atomic mass is 10.1. The summed E-state index contributed by atoms with van der Waals surface area (Å²) < 4.78 is 0. The van der Waals surface area contributed by atoms with E-state index in [9.17, 15) is 0 Å². The minimum absolute atomic E-state index is 0.588. The maximum Gasteiger partial charge on any atom is 0.128 e. The van der Waals surface area contributed by atoms with Crippen molar-refractivity contribution < 1.29 is 0 Å². The summed E-state index contributed by atoms with van der Waals surface area (Å²) in [6.45, 7) is 8.23. The Balaban J connectivity index is 2.13. The molecule has 0 saturated carbocycles. The Labute approximate surface area is 127 Å². The fourth-order valence-electron chi connectivity index (χ4n) is 2.84. The summed E-state index contributed by atoms with van der Waals surface area (Å²) >= 11 is 6.22. The molecule has 0 aromatic carbocycles. The van der Waals surface area contributed by atoms with Gasteiger partial charge in [0, 0.05) is 31.9 Å². The highest BCUT2D eigenvalue weighted by Gasteiger charge is 2.31. The Bertz CT molecular complexity index is 449. The molecule has 0 bridgehead atoms. The Morgan fingerprint density at radius 1 is 1.45 bits per heavy atom. The van der Waals surface area contributed by atoms with Gasteiger partial charge in [-0.15, -0.1) is 0 Å². The number of hydrogen-bond acceptors (Lipinski definition) is 4. The van der Waals surface area contributed by atoms with Crippen molar-refractivity contribution in [3.63, 3.8) is 0 Å². The van der Waals surface area contributed by atoms with Crippen molar-refractivity contribution in [3.05, 3.63) is 22.8 Å². The number of rotatable bonds is 5. The van der Waals surface area contributed by atoms with Crippen LogP contribution in [0.2, 0.25) is 5.02 Å². The van der Waals surface area contributed by atoms with Gasteiger partial charge >= 0.3 is 0 Å². The SMILES string of the molecule is CCNCc1cc(N2CC(C)C(N(C)C)C2)ncc1Cl. The molecular formula is C15H25ClN4. The van der Waals surface area contributed by atoms with Gasteiger partial charge in [-0.1, -0.05) is 25.4 Å². The van der Waals surface area contributed by atoms with Gasteiger partial charge < -0.3 is 15.1 Å². The summed E-state index contributed by atoms with van der Waals surface area (Å²) in [5, 5.41) is 4.06. The quantitative estimate of drug-likeness (QED) is 0.903. The predicted octanol–water partition coefficient (Wildman–Crippen LogP) is 2.23. The van der Waals surface area contributed by atoms with Crippen molar-refractivity contribution in [2.24, 2.45) is 5.92 Å². The van der Waals surface area contributed by atoms with Gasteiger partial charge in [0.05, 0.1) is 5.02 Å². The normalized spacial score (nSPS) is 22.8. The number of nitrogens with zero attached hydrogens (tertiary/aromatic N) is 3. The van der Waals surface area contributed by atoms with E-state index in [1.807, 2.05) is 0 Å². The second-order valence-corrected chi connectivity index (χ2v) is 6.23. The van der Waals surface area contributed by atoms with Gasteiger partial charge in [0.1, 0.15) is 5.82 Å². The van der Waals surface area contributed by atoms with Gasteiger partial charge in [-0.2, -0.15) is 0 Å². The Morgan fingerprint density at radius 2 is 2.20 bits per heavy atom. The van der Waals surface area contributed by atoms with Crippen molar-refractivity contribution in [2.75, 3.05) is 38.6 Å². The molecule has 1 fully saturated rings. The Kier molecular flexibility index (Phi) is 5.24. The first-order valence-electron chi connectivity index (χ1n) is 7.29. The molecule has 0 aliphatic carbocycles. The number of anilines is 1. The van der Waals surface area contributed by atoms with Crippen molar-refractivity contribution in [3.8, 4) is 0 Å². The topological polar surface area (TPSA) is 31.4 Å². The minimum Gasteiger partial charge on any atom is -0.355 e. The smallest absolute Gasteiger partial charge is 0.128 e. The van der Waals surface area contributed by atoms with Crippen LogP contribution in [-0.4, -0.2) is 49.7 Å². The van der Waals surface area contributed by atoms with Gasteiger partial charge in [0.2, 0.25) is 0 Å². The zero-order chi connectivity index (χ0) is 14.7. The van der Waals surface area contributed by atoms with Crippen molar-refractivity contribution in [1.82, 2.24) is 15.2 Å². The van der Waals surface area contributed by atoms with Crippen molar-refractivity contribution >= 4 is 17.4 Å². The zero-order valence-corrected chi connectivity index (χ0v) is 13.6. The van der Waals surface area contributed by atoms with Crippen LogP contribution in [0.1, 0.15) is 19.4 Å². The van der Waals surface area contributed by atoms with E-state index in [0.29, 0.717) is 12.0 Å². The molecule has 1 aliphatic heterocycles. The third-order valence-electron chi connectivity index (χ3n) is 4.05. The van der Waals surface area contributed by atoms with Gasteiger partial charge in [-0.25, -0.2) is 4.98 Å². The van der Waals surface area contributed by atoms with E-state index in [4.69, 9.17) is 11.6 Å². The maximum atomic E-state index is 6.22. The summed E-state index contributed by atoms with van der Waals surface area (Å²) in [4.78, 5) is 9.17. The van der Waals surface area contributed by atoms with Gasteiger partial charge in [0.25, 0.3) is 0 Å². The molecule has 20 heavy (non-hydrogen) atoms. The predicted molar refractivity (Wildman–Crippen MR) is 85.5 cm³/mol. The van der Waals surface area contributed by atoms with E-state index in [1.54, 1.807) is 6.20 Å². The number of pyridine rings is 1. The molecule has 1 saturated heterocycles. The van der Waals surface area contributed by atoms with E-state index in [0.717, 1.165) is 42.6 Å². The van der Waals surface area contributed by atoms with Crippen molar-refractivity contribution in [1.29, 1.82) is 0 Å². The van der Waals surface area contributed by atoms with E-state index < -0.39 is 0 Å². The molecule has 2 rings (SSSR count). The molecular weight excluding hydrogens is 272 g/mol. The molecule has 1 aliphatic rings. The summed E-state index contributed by atoms with van der Waals surface area (Å²) in [5.41, 5.74) is 1.12. The molecule has 5 heteroatoms. The van der Waals surface area contributed by atoms with E-state index >= 15 is 0 Å². The largest absolute Gasteiger partial charge is 0.355 e. The third-order valence-corrected chi connectivity index (χ3v) is 4.39. The molecule has 1 aromatic heterocycles. The number of hydrogen-bond donors (Lipinski definition) is 1. The van der Waals surface area contributed by atoms with Crippen LogP contribution in [0.15, 0.2) is 12.3 Å². The standard InChI is InChI=1S/C15H25ClN4/c1-5-17-7-12-6-15(18-8-13(12)16)20-9-11(2)14(10-20)19(3)4/h6,8,11,14,17H,5,7,9-10H2,1-4H3. The molecule has 0 radical (unpaired) electrons. The van der Waals surface area contributed by atoms with Crippen LogP contribution in [0.25, 0.3) is 0 Å². The molecule has 0 spiro atoms. The third kappa shape index (κ3) is 3.43. The molecule has 2 heterocycles. The fourth-order valence-corrected chi connectivity index (χ4v) is 3.01. The minimum atomic E-state index is 0.588. The van der Waals surface area contributed by atoms with Crippen LogP contribution in [-0.2, 0) is 6.54 Å². The summed E-state index contributed by atoms with van der Waals surface area (Å²) in [7, 11) is 4.30. The van der Waals surface area contributed by atoms with Crippen LogP contribution in [0.4, 0.5) is 5.82 Å². The van der Waals surface area contributed by atoms with Crippen LogP contribution < -0.4 is 10.2 Å². The van der Waals surface area contributed by atoms with Crippen molar-refractivity contribution in [2.45, 2.75) is 26.4 Å². The highest BCUT2D eigenvalue weighted by atomic mass is 35.5. The van der Waals surface area contributed by atoms with E-state index in [1.165, 1.54) is 0 Å².